The van der Waals surface area contributed by atoms with Crippen LogP contribution in [-0.4, -0.2) is 61.8 Å². The van der Waals surface area contributed by atoms with Crippen molar-refractivity contribution in [3.05, 3.63) is 54.2 Å². The molecule has 7 heteroatoms. The summed E-state index contributed by atoms with van der Waals surface area (Å²) >= 11 is 5.90. The van der Waals surface area contributed by atoms with E-state index in [4.69, 9.17) is 17.0 Å². The van der Waals surface area contributed by atoms with Gasteiger partial charge in [0.15, 0.2) is 5.11 Å². The number of nitrogens with zero attached hydrogens (tertiary/aromatic N) is 3. The van der Waals surface area contributed by atoms with Crippen molar-refractivity contribution >= 4 is 23.3 Å². The Morgan fingerprint density at radius 2 is 1.94 bits per heavy atom. The van der Waals surface area contributed by atoms with Crippen LogP contribution in [0.1, 0.15) is 25.8 Å². The standard InChI is InChI=1S/C24H27N3O3S/c1-14(2)12-26-20-17-11-19(28)22(30-23(17)29)21(20)27(24(26)31)13-15-6-8-16(9-7-15)18-5-3-4-10-25-18/h3-10,14,17,19-22,28H,11-13H2,1-2H3/t17-,19+,20-,21+,22-/m0/s1. The van der Waals surface area contributed by atoms with Crippen molar-refractivity contribution in [1.82, 2.24) is 14.8 Å². The molecule has 6 rings (SSSR count). The Hall–Kier alpha value is -2.51. The molecule has 0 radical (unpaired) electrons. The van der Waals surface area contributed by atoms with E-state index in [0.717, 1.165) is 28.5 Å². The van der Waals surface area contributed by atoms with Crippen LogP contribution in [0.4, 0.5) is 0 Å². The van der Waals surface area contributed by atoms with E-state index in [0.29, 0.717) is 18.9 Å². The van der Waals surface area contributed by atoms with Crippen molar-refractivity contribution in [2.45, 2.75) is 51.1 Å². The van der Waals surface area contributed by atoms with E-state index in [1.807, 2.05) is 18.2 Å². The number of esters is 1. The van der Waals surface area contributed by atoms with Crippen molar-refractivity contribution in [1.29, 1.82) is 0 Å². The summed E-state index contributed by atoms with van der Waals surface area (Å²) in [6.07, 6.45) is 1.07. The van der Waals surface area contributed by atoms with Crippen LogP contribution in [0.3, 0.4) is 0 Å². The molecule has 1 aromatic heterocycles. The van der Waals surface area contributed by atoms with E-state index in [-0.39, 0.29) is 24.0 Å². The molecular formula is C24H27N3O3S. The fourth-order valence-electron chi connectivity index (χ4n) is 5.26. The van der Waals surface area contributed by atoms with Crippen LogP contribution in [0.25, 0.3) is 11.3 Å². The van der Waals surface area contributed by atoms with Gasteiger partial charge in [-0.15, -0.1) is 0 Å². The highest BCUT2D eigenvalue weighted by atomic mass is 32.1. The minimum Gasteiger partial charge on any atom is -0.457 e. The highest BCUT2D eigenvalue weighted by Crippen LogP contribution is 2.44. The summed E-state index contributed by atoms with van der Waals surface area (Å²) in [7, 11) is 0. The van der Waals surface area contributed by atoms with Gasteiger partial charge in [-0.2, -0.15) is 0 Å². The second-order valence-electron chi connectivity index (χ2n) is 9.16. The lowest BCUT2D eigenvalue weighted by atomic mass is 9.74. The maximum atomic E-state index is 12.5. The van der Waals surface area contributed by atoms with E-state index < -0.39 is 12.2 Å². The number of carbonyl (C=O) groups is 1. The van der Waals surface area contributed by atoms with E-state index >= 15 is 0 Å². The fourth-order valence-corrected chi connectivity index (χ4v) is 5.64. The fraction of sp³-hybridized carbons (Fsp3) is 0.458. The Balaban J connectivity index is 1.43. The van der Waals surface area contributed by atoms with E-state index in [1.165, 1.54) is 0 Å². The van der Waals surface area contributed by atoms with Crippen LogP contribution in [0.5, 0.6) is 0 Å². The minimum absolute atomic E-state index is 0.0302. The van der Waals surface area contributed by atoms with Crippen molar-refractivity contribution < 1.29 is 14.6 Å². The number of aliphatic hydroxyl groups is 1. The third-order valence-electron chi connectivity index (χ3n) is 6.57. The van der Waals surface area contributed by atoms with Gasteiger partial charge in [-0.3, -0.25) is 9.78 Å². The second kappa shape index (κ2) is 7.88. The van der Waals surface area contributed by atoms with Gasteiger partial charge in [-0.25, -0.2) is 0 Å². The summed E-state index contributed by atoms with van der Waals surface area (Å²) in [4.78, 5) is 21.3. The molecule has 1 aromatic carbocycles. The molecule has 5 atom stereocenters. The van der Waals surface area contributed by atoms with E-state index in [1.54, 1.807) is 6.20 Å². The summed E-state index contributed by atoms with van der Waals surface area (Å²) in [5.74, 6) is -0.120. The molecule has 2 bridgehead atoms. The molecule has 3 saturated heterocycles. The van der Waals surface area contributed by atoms with Crippen LogP contribution < -0.4 is 0 Å². The molecule has 6 nitrogen and oxygen atoms in total. The molecule has 4 aliphatic rings. The summed E-state index contributed by atoms with van der Waals surface area (Å²) in [5.41, 5.74) is 3.12. The Kier molecular flexibility index (Phi) is 5.18. The van der Waals surface area contributed by atoms with Crippen molar-refractivity contribution in [2.75, 3.05) is 6.54 Å². The van der Waals surface area contributed by atoms with Crippen LogP contribution >= 0.6 is 12.2 Å². The first-order valence-corrected chi connectivity index (χ1v) is 11.3. The molecule has 31 heavy (non-hydrogen) atoms. The molecular weight excluding hydrogens is 410 g/mol. The zero-order chi connectivity index (χ0) is 21.7. The maximum absolute atomic E-state index is 12.5. The number of ether oxygens (including phenoxy) is 1. The maximum Gasteiger partial charge on any atom is 0.311 e. The largest absolute Gasteiger partial charge is 0.457 e. The normalized spacial score (nSPS) is 29.5. The van der Waals surface area contributed by atoms with Gasteiger partial charge in [-0.1, -0.05) is 44.2 Å². The summed E-state index contributed by atoms with van der Waals surface area (Å²) < 4.78 is 5.63. The lowest BCUT2D eigenvalue weighted by Gasteiger charge is -2.49. The van der Waals surface area contributed by atoms with Crippen LogP contribution in [0.2, 0.25) is 0 Å². The number of hydrogen-bond acceptors (Lipinski definition) is 5. The monoisotopic (exact) mass is 437 g/mol. The van der Waals surface area contributed by atoms with Crippen molar-refractivity contribution in [3.63, 3.8) is 0 Å². The lowest BCUT2D eigenvalue weighted by molar-refractivity contribution is -0.199. The SMILES string of the molecule is CC(C)CN1C(=S)N(Cc2ccc(-c3ccccn3)cc2)[C@H]2[C@H]3OC(=O)[C@@H](C[C@H]3O)[C@@H]21. The number of pyridine rings is 1. The smallest absolute Gasteiger partial charge is 0.311 e. The molecule has 4 fully saturated rings. The van der Waals surface area contributed by atoms with Crippen LogP contribution in [-0.2, 0) is 16.1 Å². The quantitative estimate of drug-likeness (QED) is 0.570. The molecule has 0 spiro atoms. The number of thiocarbonyl (C=S) groups is 1. The Bertz CT molecular complexity index is 981. The number of carbonyl (C=O) groups excluding carboxylic acids is 1. The van der Waals surface area contributed by atoms with Gasteiger partial charge in [0.2, 0.25) is 0 Å². The molecule has 0 amide bonds. The molecule has 162 valence electrons. The van der Waals surface area contributed by atoms with Crippen LogP contribution in [0, 0.1) is 11.8 Å². The third kappa shape index (κ3) is 3.49. The number of rotatable bonds is 5. The Labute approximate surface area is 187 Å². The first-order valence-electron chi connectivity index (χ1n) is 10.9. The first kappa shape index (κ1) is 20.4. The van der Waals surface area contributed by atoms with Gasteiger partial charge in [0.25, 0.3) is 0 Å². The zero-order valence-corrected chi connectivity index (χ0v) is 18.5. The number of aliphatic hydroxyl groups excluding tert-OH is 1. The number of hydrogen-bond donors (Lipinski definition) is 1. The molecule has 4 heterocycles. The van der Waals surface area contributed by atoms with Gasteiger partial charge in [0.1, 0.15) is 6.10 Å². The predicted molar refractivity (Wildman–Crippen MR) is 121 cm³/mol. The molecule has 1 N–H and O–H groups in total. The molecule has 3 aliphatic heterocycles. The Morgan fingerprint density at radius 3 is 2.61 bits per heavy atom. The summed E-state index contributed by atoms with van der Waals surface area (Å²) in [5, 5.41) is 11.3. The predicted octanol–water partition coefficient (Wildman–Crippen LogP) is 2.85. The second-order valence-corrected chi connectivity index (χ2v) is 9.53. The summed E-state index contributed by atoms with van der Waals surface area (Å²) in [6, 6.07) is 14.1. The number of benzene rings is 1. The highest BCUT2D eigenvalue weighted by Gasteiger charge is 2.62. The minimum atomic E-state index is -0.639. The average molecular weight is 438 g/mol. The highest BCUT2D eigenvalue weighted by molar-refractivity contribution is 7.80. The number of aromatic nitrogens is 1. The van der Waals surface area contributed by atoms with Crippen LogP contribution in [0.15, 0.2) is 48.7 Å². The third-order valence-corrected chi connectivity index (χ3v) is 7.04. The zero-order valence-electron chi connectivity index (χ0n) is 17.7. The summed E-state index contributed by atoms with van der Waals surface area (Å²) in [6.45, 7) is 5.72. The lowest BCUT2D eigenvalue weighted by Crippen LogP contribution is -2.66. The first-order chi connectivity index (χ1) is 14.9. The average Bonchev–Trinajstić information content (AvgIpc) is 3.03. The Morgan fingerprint density at radius 1 is 1.16 bits per heavy atom. The van der Waals surface area contributed by atoms with Crippen molar-refractivity contribution in [2.24, 2.45) is 11.8 Å². The number of fused-ring (bicyclic) bond motifs is 2. The molecule has 0 unspecified atom stereocenters. The van der Waals surface area contributed by atoms with E-state index in [9.17, 15) is 9.90 Å². The van der Waals surface area contributed by atoms with Gasteiger partial charge in [0, 0.05) is 24.8 Å². The molecule has 1 saturated carbocycles. The van der Waals surface area contributed by atoms with E-state index in [2.05, 4.69) is 52.9 Å². The van der Waals surface area contributed by atoms with Gasteiger partial charge < -0.3 is 19.6 Å². The molecule has 2 aromatic rings. The van der Waals surface area contributed by atoms with Gasteiger partial charge in [-0.05, 0) is 42.3 Å². The topological polar surface area (TPSA) is 65.9 Å². The molecule has 1 aliphatic carbocycles. The van der Waals surface area contributed by atoms with Crippen molar-refractivity contribution in [3.8, 4) is 11.3 Å². The van der Waals surface area contributed by atoms with Gasteiger partial charge in [0.05, 0.1) is 29.8 Å². The van der Waals surface area contributed by atoms with Gasteiger partial charge >= 0.3 is 5.97 Å².